The summed E-state index contributed by atoms with van der Waals surface area (Å²) < 4.78 is 10.5. The van der Waals surface area contributed by atoms with E-state index in [-0.39, 0.29) is 0 Å². The van der Waals surface area contributed by atoms with Gasteiger partial charge in [-0.2, -0.15) is 5.26 Å². The van der Waals surface area contributed by atoms with Gasteiger partial charge in [-0.25, -0.2) is 9.78 Å². The Bertz CT molecular complexity index is 1270. The van der Waals surface area contributed by atoms with Crippen LogP contribution < -0.4 is 4.74 Å². The Balaban J connectivity index is 1.85. The van der Waals surface area contributed by atoms with Gasteiger partial charge < -0.3 is 9.47 Å². The summed E-state index contributed by atoms with van der Waals surface area (Å²) in [6, 6.07) is 22.9. The number of benzene rings is 3. The van der Waals surface area contributed by atoms with Gasteiger partial charge in [0, 0.05) is 10.9 Å². The zero-order valence-electron chi connectivity index (χ0n) is 16.0. The molecule has 0 N–H and O–H groups in total. The first-order valence-electron chi connectivity index (χ1n) is 9.17. The monoisotopic (exact) mass is 382 g/mol. The molecule has 0 bridgehead atoms. The SMILES string of the molecule is COc1ccc2cc(-c3cc(C(=O)OC(C)C#N)c4ccccc4n3)ccc2c1. The first-order valence-corrected chi connectivity index (χ1v) is 9.17. The van der Waals surface area contributed by atoms with Crippen LogP contribution in [0.2, 0.25) is 0 Å². The van der Waals surface area contributed by atoms with E-state index in [1.165, 1.54) is 0 Å². The first kappa shape index (κ1) is 18.5. The molecule has 5 heteroatoms. The number of para-hydroxylation sites is 1. The Hall–Kier alpha value is -3.91. The average molecular weight is 382 g/mol. The third-order valence-electron chi connectivity index (χ3n) is 4.74. The van der Waals surface area contributed by atoms with E-state index < -0.39 is 12.1 Å². The van der Waals surface area contributed by atoms with Gasteiger partial charge in [0.05, 0.1) is 23.9 Å². The second kappa shape index (κ2) is 7.61. The normalized spacial score (nSPS) is 11.8. The smallest absolute Gasteiger partial charge is 0.340 e. The minimum atomic E-state index is -0.825. The van der Waals surface area contributed by atoms with Gasteiger partial charge in [0.15, 0.2) is 6.10 Å². The van der Waals surface area contributed by atoms with E-state index in [9.17, 15) is 4.79 Å². The Morgan fingerprint density at radius 2 is 1.79 bits per heavy atom. The van der Waals surface area contributed by atoms with Crippen LogP contribution in [0.15, 0.2) is 66.7 Å². The second-order valence-corrected chi connectivity index (χ2v) is 6.68. The number of carbonyl (C=O) groups is 1. The Labute approximate surface area is 168 Å². The van der Waals surface area contributed by atoms with Crippen molar-refractivity contribution in [3.63, 3.8) is 0 Å². The van der Waals surface area contributed by atoms with Crippen molar-refractivity contribution < 1.29 is 14.3 Å². The molecular formula is C24H18N2O3. The van der Waals surface area contributed by atoms with Crippen LogP contribution in [0.4, 0.5) is 0 Å². The topological polar surface area (TPSA) is 72.2 Å². The Kier molecular flexibility index (Phi) is 4.84. The summed E-state index contributed by atoms with van der Waals surface area (Å²) in [4.78, 5) is 17.4. The highest BCUT2D eigenvalue weighted by atomic mass is 16.5. The van der Waals surface area contributed by atoms with Crippen LogP contribution in [0.1, 0.15) is 17.3 Å². The molecule has 142 valence electrons. The van der Waals surface area contributed by atoms with Crippen molar-refractivity contribution in [1.29, 1.82) is 5.26 Å². The molecule has 3 aromatic carbocycles. The maximum absolute atomic E-state index is 12.7. The van der Waals surface area contributed by atoms with Crippen LogP contribution in [-0.4, -0.2) is 24.2 Å². The number of esters is 1. The summed E-state index contributed by atoms with van der Waals surface area (Å²) in [5.41, 5.74) is 2.63. The lowest BCUT2D eigenvalue weighted by molar-refractivity contribution is 0.0438. The number of carbonyl (C=O) groups excluding carboxylic acids is 1. The minimum Gasteiger partial charge on any atom is -0.497 e. The van der Waals surface area contributed by atoms with Crippen molar-refractivity contribution in [2.75, 3.05) is 7.11 Å². The summed E-state index contributed by atoms with van der Waals surface area (Å²) in [7, 11) is 1.64. The molecule has 0 aliphatic rings. The van der Waals surface area contributed by atoms with Crippen molar-refractivity contribution in [2.24, 2.45) is 0 Å². The summed E-state index contributed by atoms with van der Waals surface area (Å²) in [6.07, 6.45) is -0.825. The zero-order valence-corrected chi connectivity index (χ0v) is 16.0. The zero-order chi connectivity index (χ0) is 20.4. The number of nitriles is 1. The lowest BCUT2D eigenvalue weighted by Gasteiger charge is -2.11. The van der Waals surface area contributed by atoms with Crippen molar-refractivity contribution in [3.05, 3.63) is 72.3 Å². The average Bonchev–Trinajstić information content (AvgIpc) is 2.77. The maximum Gasteiger partial charge on any atom is 0.340 e. The summed E-state index contributed by atoms with van der Waals surface area (Å²) in [6.45, 7) is 1.54. The number of pyridine rings is 1. The van der Waals surface area contributed by atoms with Crippen molar-refractivity contribution in [3.8, 4) is 23.1 Å². The van der Waals surface area contributed by atoms with Crippen LogP contribution in [0.3, 0.4) is 0 Å². The van der Waals surface area contributed by atoms with Crippen molar-refractivity contribution in [1.82, 2.24) is 4.98 Å². The predicted octanol–water partition coefficient (Wildman–Crippen LogP) is 5.13. The third-order valence-corrected chi connectivity index (χ3v) is 4.74. The van der Waals surface area contributed by atoms with E-state index in [1.54, 1.807) is 20.1 Å². The highest BCUT2D eigenvalue weighted by Gasteiger charge is 2.17. The van der Waals surface area contributed by atoms with Gasteiger partial charge in [-0.15, -0.1) is 0 Å². The molecule has 0 amide bonds. The van der Waals surface area contributed by atoms with E-state index in [4.69, 9.17) is 19.7 Å². The summed E-state index contributed by atoms with van der Waals surface area (Å²) in [5, 5.41) is 11.8. The number of rotatable bonds is 4. The quantitative estimate of drug-likeness (QED) is 0.457. The molecule has 29 heavy (non-hydrogen) atoms. The molecule has 0 fully saturated rings. The molecule has 5 nitrogen and oxygen atoms in total. The van der Waals surface area contributed by atoms with Crippen LogP contribution in [0.5, 0.6) is 5.75 Å². The predicted molar refractivity (Wildman–Crippen MR) is 112 cm³/mol. The van der Waals surface area contributed by atoms with Gasteiger partial charge in [0.1, 0.15) is 11.8 Å². The summed E-state index contributed by atoms with van der Waals surface area (Å²) in [5.74, 6) is 0.259. The molecule has 4 aromatic rings. The maximum atomic E-state index is 12.7. The van der Waals surface area contributed by atoms with Crippen LogP contribution >= 0.6 is 0 Å². The fourth-order valence-electron chi connectivity index (χ4n) is 3.25. The number of aromatic nitrogens is 1. The fourth-order valence-corrected chi connectivity index (χ4v) is 3.25. The Morgan fingerprint density at radius 1 is 1.03 bits per heavy atom. The number of hydrogen-bond donors (Lipinski definition) is 0. The van der Waals surface area contributed by atoms with Gasteiger partial charge in [0.25, 0.3) is 0 Å². The molecule has 0 saturated heterocycles. The van der Waals surface area contributed by atoms with Crippen molar-refractivity contribution >= 4 is 27.6 Å². The molecule has 0 radical (unpaired) electrons. The number of ether oxygens (including phenoxy) is 2. The first-order chi connectivity index (χ1) is 14.1. The highest BCUT2D eigenvalue weighted by molar-refractivity contribution is 6.05. The molecule has 1 aromatic heterocycles. The molecule has 4 rings (SSSR count). The summed E-state index contributed by atoms with van der Waals surface area (Å²) >= 11 is 0. The molecule has 1 heterocycles. The third kappa shape index (κ3) is 3.61. The number of nitrogens with zero attached hydrogens (tertiary/aromatic N) is 2. The van der Waals surface area contributed by atoms with E-state index >= 15 is 0 Å². The molecule has 1 atom stereocenters. The van der Waals surface area contributed by atoms with E-state index in [2.05, 4.69) is 0 Å². The fraction of sp³-hybridized carbons (Fsp3) is 0.125. The van der Waals surface area contributed by atoms with E-state index in [0.717, 1.165) is 22.1 Å². The molecule has 1 unspecified atom stereocenters. The second-order valence-electron chi connectivity index (χ2n) is 6.68. The molecule has 0 spiro atoms. The van der Waals surface area contributed by atoms with Gasteiger partial charge in [-0.3, -0.25) is 0 Å². The standard InChI is InChI=1S/C24H18N2O3/c1-15(14-25)29-24(27)21-13-23(26-22-6-4-3-5-20(21)22)18-8-7-17-12-19(28-2)10-9-16(17)11-18/h3-13,15H,1-2H3. The van der Waals surface area contributed by atoms with Crippen LogP contribution in [-0.2, 0) is 4.74 Å². The number of fused-ring (bicyclic) bond motifs is 2. The molecule has 0 saturated carbocycles. The largest absolute Gasteiger partial charge is 0.497 e. The molecule has 0 aliphatic carbocycles. The Morgan fingerprint density at radius 3 is 2.59 bits per heavy atom. The number of hydrogen-bond acceptors (Lipinski definition) is 5. The van der Waals surface area contributed by atoms with Gasteiger partial charge in [-0.1, -0.05) is 36.4 Å². The van der Waals surface area contributed by atoms with Crippen LogP contribution in [0.25, 0.3) is 32.9 Å². The van der Waals surface area contributed by atoms with E-state index in [0.29, 0.717) is 22.2 Å². The lowest BCUT2D eigenvalue weighted by Crippen LogP contribution is -2.14. The molecule has 0 aliphatic heterocycles. The van der Waals surface area contributed by atoms with Gasteiger partial charge >= 0.3 is 5.97 Å². The number of methoxy groups -OCH3 is 1. The van der Waals surface area contributed by atoms with Crippen LogP contribution in [0, 0.1) is 11.3 Å². The van der Waals surface area contributed by atoms with Gasteiger partial charge in [-0.05, 0) is 48.0 Å². The highest BCUT2D eigenvalue weighted by Crippen LogP contribution is 2.29. The van der Waals surface area contributed by atoms with E-state index in [1.807, 2.05) is 66.7 Å². The minimum absolute atomic E-state index is 0.391. The van der Waals surface area contributed by atoms with Gasteiger partial charge in [0.2, 0.25) is 0 Å². The lowest BCUT2D eigenvalue weighted by atomic mass is 10.0. The molecular weight excluding hydrogens is 364 g/mol. The van der Waals surface area contributed by atoms with Crippen molar-refractivity contribution in [2.45, 2.75) is 13.0 Å².